The van der Waals surface area contributed by atoms with Crippen LogP contribution in [0.25, 0.3) is 0 Å². The zero-order valence-electron chi connectivity index (χ0n) is 9.01. The molecule has 1 unspecified atom stereocenters. The highest BCUT2D eigenvalue weighted by Crippen LogP contribution is 2.66. The van der Waals surface area contributed by atoms with Gasteiger partial charge in [-0.15, -0.1) is 11.6 Å². The van der Waals surface area contributed by atoms with Crippen LogP contribution < -0.4 is 0 Å². The maximum absolute atomic E-state index is 12.3. The van der Waals surface area contributed by atoms with E-state index in [1.54, 1.807) is 11.9 Å². The third-order valence-corrected chi connectivity index (χ3v) is 4.35. The summed E-state index contributed by atoms with van der Waals surface area (Å²) in [5.41, 5.74) is 0. The van der Waals surface area contributed by atoms with Gasteiger partial charge in [0.1, 0.15) is 5.78 Å². The number of ketones is 1. The second-order valence-electron chi connectivity index (χ2n) is 4.85. The summed E-state index contributed by atoms with van der Waals surface area (Å²) in [6.07, 6.45) is -5.25. The number of hydrogen-bond acceptors (Lipinski definition) is 2. The summed E-state index contributed by atoms with van der Waals surface area (Å²) in [7, 11) is 1.75. The van der Waals surface area contributed by atoms with Crippen molar-refractivity contribution in [2.45, 2.75) is 30.4 Å². The number of carbonyl (C=O) groups is 1. The first-order valence-electron chi connectivity index (χ1n) is 5.13. The Balaban J connectivity index is 2.12. The molecule has 1 aliphatic heterocycles. The molecule has 4 atom stereocenters. The van der Waals surface area contributed by atoms with Gasteiger partial charge in [0.2, 0.25) is 0 Å². The topological polar surface area (TPSA) is 20.3 Å². The van der Waals surface area contributed by atoms with Crippen LogP contribution in [-0.4, -0.2) is 41.4 Å². The number of rotatable bonds is 2. The average molecular weight is 256 g/mol. The Morgan fingerprint density at radius 2 is 2.12 bits per heavy atom. The fourth-order valence-corrected chi connectivity index (χ4v) is 3.64. The van der Waals surface area contributed by atoms with E-state index >= 15 is 0 Å². The maximum Gasteiger partial charge on any atom is 0.390 e. The number of fused-ring (bicyclic) bond motifs is 1. The maximum atomic E-state index is 12.3. The fourth-order valence-electron chi connectivity index (χ4n) is 3.08. The molecular weight excluding hydrogens is 243 g/mol. The number of hydrogen-bond donors (Lipinski definition) is 0. The molecular formula is C10H13ClF3NO. The Morgan fingerprint density at radius 3 is 2.56 bits per heavy atom. The monoisotopic (exact) mass is 255 g/mol. The highest BCUT2D eigenvalue weighted by molar-refractivity contribution is 6.27. The van der Waals surface area contributed by atoms with Crippen molar-refractivity contribution in [1.29, 1.82) is 0 Å². The number of piperidine rings is 1. The van der Waals surface area contributed by atoms with Crippen molar-refractivity contribution in [2.24, 2.45) is 11.8 Å². The largest absolute Gasteiger partial charge is 0.390 e. The molecule has 1 saturated carbocycles. The zero-order valence-corrected chi connectivity index (χ0v) is 9.77. The van der Waals surface area contributed by atoms with E-state index < -0.39 is 23.5 Å². The predicted octanol–water partition coefficient (Wildman–Crippen LogP) is 2.07. The second-order valence-corrected chi connectivity index (χ2v) is 5.55. The fraction of sp³-hybridized carbons (Fsp3) is 0.900. The molecule has 0 aromatic heterocycles. The number of halogens is 4. The SMILES string of the molecule is CC(=O)[C@@H]1[C@@H]2[C@H](CN1C)C2(Cl)CC(F)(F)F. The Labute approximate surface area is 96.7 Å². The summed E-state index contributed by atoms with van der Waals surface area (Å²) in [5.74, 6) is -0.632. The van der Waals surface area contributed by atoms with Gasteiger partial charge in [-0.3, -0.25) is 9.69 Å². The van der Waals surface area contributed by atoms with E-state index in [0.717, 1.165) is 0 Å². The van der Waals surface area contributed by atoms with Gasteiger partial charge in [0.05, 0.1) is 17.3 Å². The minimum Gasteiger partial charge on any atom is -0.298 e. The van der Waals surface area contributed by atoms with E-state index in [2.05, 4.69) is 0 Å². The van der Waals surface area contributed by atoms with Crippen LogP contribution in [0.4, 0.5) is 13.2 Å². The lowest BCUT2D eigenvalue weighted by Gasteiger charge is -2.26. The number of likely N-dealkylation sites (tertiary alicyclic amines) is 1. The zero-order chi connectivity index (χ0) is 12.3. The van der Waals surface area contributed by atoms with Gasteiger partial charge in [0, 0.05) is 12.5 Å². The van der Waals surface area contributed by atoms with Crippen molar-refractivity contribution >= 4 is 17.4 Å². The van der Waals surface area contributed by atoms with Crippen molar-refractivity contribution in [1.82, 2.24) is 4.90 Å². The average Bonchev–Trinajstić information content (AvgIpc) is 2.50. The normalized spacial score (nSPS) is 43.2. The molecule has 2 fully saturated rings. The Kier molecular flexibility index (Phi) is 2.55. The van der Waals surface area contributed by atoms with Crippen LogP contribution in [0, 0.1) is 11.8 Å². The van der Waals surface area contributed by atoms with Crippen LogP contribution in [-0.2, 0) is 4.79 Å². The van der Waals surface area contributed by atoms with Crippen LogP contribution >= 0.6 is 11.6 Å². The van der Waals surface area contributed by atoms with Crippen molar-refractivity contribution < 1.29 is 18.0 Å². The molecule has 0 N–H and O–H groups in total. The lowest BCUT2D eigenvalue weighted by atomic mass is 10.0. The summed E-state index contributed by atoms with van der Waals surface area (Å²) in [5, 5.41) is 0. The first kappa shape index (κ1) is 12.2. The molecule has 2 aliphatic rings. The van der Waals surface area contributed by atoms with Gasteiger partial charge in [-0.25, -0.2) is 0 Å². The highest BCUT2D eigenvalue weighted by Gasteiger charge is 2.73. The van der Waals surface area contributed by atoms with Gasteiger partial charge in [-0.05, 0) is 19.9 Å². The predicted molar refractivity (Wildman–Crippen MR) is 53.3 cm³/mol. The molecule has 2 nitrogen and oxygen atoms in total. The molecule has 0 bridgehead atoms. The van der Waals surface area contributed by atoms with E-state index in [-0.39, 0.29) is 17.6 Å². The number of alkyl halides is 4. The summed E-state index contributed by atoms with van der Waals surface area (Å²) >= 11 is 6.00. The lowest BCUT2D eigenvalue weighted by molar-refractivity contribution is -0.139. The summed E-state index contributed by atoms with van der Waals surface area (Å²) < 4.78 is 37.0. The van der Waals surface area contributed by atoms with Crippen LogP contribution in [0.15, 0.2) is 0 Å². The van der Waals surface area contributed by atoms with Gasteiger partial charge >= 0.3 is 6.18 Å². The second kappa shape index (κ2) is 3.35. The third-order valence-electron chi connectivity index (χ3n) is 3.68. The molecule has 0 aromatic rings. The quantitative estimate of drug-likeness (QED) is 0.704. The van der Waals surface area contributed by atoms with Gasteiger partial charge in [-0.1, -0.05) is 0 Å². The summed E-state index contributed by atoms with van der Waals surface area (Å²) in [4.78, 5) is 11.9. The summed E-state index contributed by atoms with van der Waals surface area (Å²) in [6.45, 7) is 1.89. The van der Waals surface area contributed by atoms with Crippen molar-refractivity contribution in [3.8, 4) is 0 Å². The van der Waals surface area contributed by atoms with Gasteiger partial charge in [-0.2, -0.15) is 13.2 Å². The van der Waals surface area contributed by atoms with Gasteiger partial charge in [0.25, 0.3) is 0 Å². The molecule has 1 saturated heterocycles. The number of nitrogens with zero attached hydrogens (tertiary/aromatic N) is 1. The minimum absolute atomic E-state index is 0.0975. The van der Waals surface area contributed by atoms with Crippen LogP contribution in [0.3, 0.4) is 0 Å². The first-order chi connectivity index (χ1) is 7.17. The highest BCUT2D eigenvalue weighted by atomic mass is 35.5. The number of likely N-dealkylation sites (N-methyl/N-ethyl adjacent to an activating group) is 1. The summed E-state index contributed by atoms with van der Waals surface area (Å²) in [6, 6.07) is -0.440. The molecule has 6 heteroatoms. The molecule has 0 spiro atoms. The lowest BCUT2D eigenvalue weighted by Crippen LogP contribution is -2.40. The Hall–Kier alpha value is -0.290. The third kappa shape index (κ3) is 1.74. The minimum atomic E-state index is -4.26. The van der Waals surface area contributed by atoms with Crippen LogP contribution in [0.2, 0.25) is 0 Å². The molecule has 0 radical (unpaired) electrons. The standard InChI is InChI=1S/C10H13ClF3NO/c1-5(16)8-7-6(3-15(8)2)9(7,11)4-10(12,13)14/h6-8H,3-4H2,1-2H3/t6-,7-,8+,9?/m0/s1. The first-order valence-corrected chi connectivity index (χ1v) is 5.51. The van der Waals surface area contributed by atoms with Crippen molar-refractivity contribution in [3.63, 3.8) is 0 Å². The van der Waals surface area contributed by atoms with E-state index in [4.69, 9.17) is 11.6 Å². The molecule has 1 heterocycles. The smallest absolute Gasteiger partial charge is 0.298 e. The van der Waals surface area contributed by atoms with E-state index in [1.807, 2.05) is 0 Å². The van der Waals surface area contributed by atoms with Gasteiger partial charge in [0.15, 0.2) is 0 Å². The molecule has 0 aromatic carbocycles. The number of carbonyl (C=O) groups excluding carboxylic acids is 1. The van der Waals surface area contributed by atoms with Gasteiger partial charge < -0.3 is 0 Å². The van der Waals surface area contributed by atoms with E-state index in [0.29, 0.717) is 6.54 Å². The van der Waals surface area contributed by atoms with Crippen molar-refractivity contribution in [2.75, 3.05) is 13.6 Å². The van der Waals surface area contributed by atoms with Crippen LogP contribution in [0.1, 0.15) is 13.3 Å². The molecule has 16 heavy (non-hydrogen) atoms. The molecule has 0 amide bonds. The Morgan fingerprint density at radius 1 is 1.56 bits per heavy atom. The van der Waals surface area contributed by atoms with E-state index in [1.165, 1.54) is 6.92 Å². The van der Waals surface area contributed by atoms with Crippen LogP contribution in [0.5, 0.6) is 0 Å². The molecule has 1 aliphatic carbocycles. The van der Waals surface area contributed by atoms with E-state index in [9.17, 15) is 18.0 Å². The molecule has 92 valence electrons. The van der Waals surface area contributed by atoms with Crippen molar-refractivity contribution in [3.05, 3.63) is 0 Å². The number of Topliss-reactive ketones (excluding diaryl/α,β-unsaturated/α-hetero) is 1. The molecule has 2 rings (SSSR count). The Bertz CT molecular complexity index is 333.